The molecule has 0 aromatic rings. The standard InChI is InChI=1S/4BrH.Cs.H3P/h4*1H;;1H3/q;;;;+1;/p-1. The van der Waals surface area contributed by atoms with Crippen LogP contribution in [0.25, 0.3) is 0 Å². The Morgan fingerprint density at radius 1 is 0.667 bits per heavy atom. The van der Waals surface area contributed by atoms with Crippen LogP contribution in [0, 0.1) is 0 Å². The molecule has 0 saturated heterocycles. The summed E-state index contributed by atoms with van der Waals surface area (Å²) in [5, 5.41) is 0. The Labute approximate surface area is 142 Å². The average Bonchev–Trinajstić information content (AvgIpc) is 0. The second-order valence-corrected chi connectivity index (χ2v) is 0. The van der Waals surface area contributed by atoms with Gasteiger partial charge in [0.2, 0.25) is 0 Å². The second kappa shape index (κ2) is 34.3. The fourth-order valence-electron chi connectivity index (χ4n) is 0. The minimum atomic E-state index is 0. The quantitative estimate of drug-likeness (QED) is 0.303. The molecule has 0 fully saturated rings. The van der Waals surface area contributed by atoms with Crippen LogP contribution in [0.2, 0.25) is 0 Å². The van der Waals surface area contributed by atoms with Crippen molar-refractivity contribution >= 4 is 60.8 Å². The third-order valence-corrected chi connectivity index (χ3v) is 0. The summed E-state index contributed by atoms with van der Waals surface area (Å²) in [4.78, 5) is 0. The smallest absolute Gasteiger partial charge is 1.00 e. The summed E-state index contributed by atoms with van der Waals surface area (Å²) < 4.78 is 0. The van der Waals surface area contributed by atoms with Crippen LogP contribution in [0.4, 0.5) is 0 Å². The number of halogens is 4. The third kappa shape index (κ3) is 23.8. The molecule has 0 heterocycles. The molecule has 0 rings (SSSR count). The Bertz CT molecular complexity index is 7.51. The van der Waals surface area contributed by atoms with Crippen molar-refractivity contribution in [2.24, 2.45) is 0 Å². The molecular weight excluding hydrogens is 483 g/mol. The van der Waals surface area contributed by atoms with Gasteiger partial charge in [-0.15, -0.1) is 50.9 Å². The van der Waals surface area contributed by atoms with Crippen molar-refractivity contribution < 1.29 is 85.9 Å². The minimum absolute atomic E-state index is 0. The van der Waals surface area contributed by atoms with Crippen LogP contribution in [0.5, 0.6) is 0 Å². The fourth-order valence-corrected chi connectivity index (χ4v) is 0. The van der Waals surface area contributed by atoms with Gasteiger partial charge in [-0.05, 0) is 0 Å². The largest absolute Gasteiger partial charge is 1.00 e. The van der Waals surface area contributed by atoms with Crippen LogP contribution >= 0.6 is 60.8 Å². The first-order valence-corrected chi connectivity index (χ1v) is 0. The molecule has 0 saturated carbocycles. The topological polar surface area (TPSA) is 0 Å². The molecule has 0 radical (unpaired) electrons. The van der Waals surface area contributed by atoms with E-state index in [2.05, 4.69) is 0 Å². The van der Waals surface area contributed by atoms with E-state index in [9.17, 15) is 0 Å². The van der Waals surface area contributed by atoms with E-state index in [1.54, 1.807) is 0 Å². The molecule has 0 nitrogen and oxygen atoms in total. The van der Waals surface area contributed by atoms with Gasteiger partial charge in [0, 0.05) is 0 Å². The molecule has 0 aromatic heterocycles. The van der Waals surface area contributed by atoms with E-state index in [4.69, 9.17) is 0 Å². The van der Waals surface area contributed by atoms with Crippen LogP contribution in [-0.2, 0) is 0 Å². The zero-order valence-electron chi connectivity index (χ0n) is 3.31. The first-order chi connectivity index (χ1) is 0. The average molecular weight is 490 g/mol. The van der Waals surface area contributed by atoms with Crippen LogP contribution < -0.4 is 85.9 Å². The molecule has 0 N–H and O–H groups in total. The molecule has 40 valence electrons. The molecule has 0 aliphatic heterocycles. The van der Waals surface area contributed by atoms with Crippen molar-refractivity contribution in [1.29, 1.82) is 0 Å². The molecule has 0 bridgehead atoms. The van der Waals surface area contributed by atoms with Gasteiger partial charge in [-0.2, -0.15) is 9.90 Å². The normalized spacial score (nSPS) is 0. The monoisotopic (exact) mass is 486 g/mol. The van der Waals surface area contributed by atoms with Crippen molar-refractivity contribution in [1.82, 2.24) is 0 Å². The summed E-state index contributed by atoms with van der Waals surface area (Å²) >= 11 is 0. The molecular formula is H6Br4CsP. The van der Waals surface area contributed by atoms with Gasteiger partial charge < -0.3 is 17.0 Å². The third-order valence-electron chi connectivity index (χ3n) is 0. The maximum atomic E-state index is 0. The summed E-state index contributed by atoms with van der Waals surface area (Å²) in [7, 11) is 0. The molecule has 0 spiro atoms. The predicted octanol–water partition coefficient (Wildman–Crippen LogP) is -4.20. The Balaban J connectivity index is 0. The van der Waals surface area contributed by atoms with Crippen LogP contribution in [0.1, 0.15) is 0 Å². The number of rotatable bonds is 0. The summed E-state index contributed by atoms with van der Waals surface area (Å²) in [6, 6.07) is 0. The predicted molar refractivity (Wildman–Crippen MR) is 42.1 cm³/mol. The SMILES string of the molecule is Br.Br.Br.P.[Br-].[Cs+]. The van der Waals surface area contributed by atoms with E-state index in [-0.39, 0.29) is 147 Å². The Morgan fingerprint density at radius 2 is 0.667 bits per heavy atom. The Hall–Kier alpha value is 4.40. The fraction of sp³-hybridized carbons (Fsp3) is 0. The molecule has 1 atom stereocenters. The van der Waals surface area contributed by atoms with Crippen LogP contribution in [0.3, 0.4) is 0 Å². The van der Waals surface area contributed by atoms with Gasteiger partial charge in [-0.25, -0.2) is 0 Å². The van der Waals surface area contributed by atoms with Crippen molar-refractivity contribution in [3.63, 3.8) is 0 Å². The molecule has 0 aliphatic carbocycles. The van der Waals surface area contributed by atoms with Crippen molar-refractivity contribution in [3.8, 4) is 0 Å². The van der Waals surface area contributed by atoms with E-state index in [0.717, 1.165) is 0 Å². The van der Waals surface area contributed by atoms with E-state index >= 15 is 0 Å². The molecule has 1 unspecified atom stereocenters. The van der Waals surface area contributed by atoms with E-state index in [1.165, 1.54) is 0 Å². The van der Waals surface area contributed by atoms with Crippen molar-refractivity contribution in [3.05, 3.63) is 0 Å². The zero-order valence-corrected chi connectivity index (χ0v) is 17.7. The van der Waals surface area contributed by atoms with Gasteiger partial charge in [0.25, 0.3) is 0 Å². The zero-order chi connectivity index (χ0) is 0. The molecule has 6 heteroatoms. The second-order valence-electron chi connectivity index (χ2n) is 0. The Kier molecular flexibility index (Phi) is 271. The molecule has 0 aliphatic rings. The Morgan fingerprint density at radius 3 is 0.667 bits per heavy atom. The summed E-state index contributed by atoms with van der Waals surface area (Å²) in [6.07, 6.45) is 0. The van der Waals surface area contributed by atoms with Gasteiger partial charge in [-0.1, -0.05) is 0 Å². The summed E-state index contributed by atoms with van der Waals surface area (Å²) in [5.41, 5.74) is 0. The molecule has 0 amide bonds. The first-order valence-electron chi connectivity index (χ1n) is 0. The van der Waals surface area contributed by atoms with Crippen LogP contribution in [0.15, 0.2) is 0 Å². The van der Waals surface area contributed by atoms with E-state index in [0.29, 0.717) is 0 Å². The maximum Gasteiger partial charge on any atom is 1.00 e. The van der Waals surface area contributed by atoms with Gasteiger partial charge >= 0.3 is 68.9 Å². The molecule has 0 aromatic carbocycles. The van der Waals surface area contributed by atoms with Crippen molar-refractivity contribution in [2.75, 3.05) is 0 Å². The first kappa shape index (κ1) is 47.5. The van der Waals surface area contributed by atoms with Gasteiger partial charge in [0.05, 0.1) is 0 Å². The van der Waals surface area contributed by atoms with E-state index < -0.39 is 0 Å². The van der Waals surface area contributed by atoms with E-state index in [1.807, 2.05) is 0 Å². The van der Waals surface area contributed by atoms with Crippen LogP contribution in [-0.4, -0.2) is 0 Å². The number of hydrogen-bond donors (Lipinski definition) is 0. The molecule has 6 heavy (non-hydrogen) atoms. The van der Waals surface area contributed by atoms with Gasteiger partial charge in [0.15, 0.2) is 0 Å². The van der Waals surface area contributed by atoms with Crippen molar-refractivity contribution in [2.45, 2.75) is 0 Å². The number of hydrogen-bond acceptors (Lipinski definition) is 0. The maximum absolute atomic E-state index is 0. The summed E-state index contributed by atoms with van der Waals surface area (Å²) in [5.74, 6) is 0. The summed E-state index contributed by atoms with van der Waals surface area (Å²) in [6.45, 7) is 0. The van der Waals surface area contributed by atoms with Gasteiger partial charge in [-0.3, -0.25) is 0 Å². The minimum Gasteiger partial charge on any atom is -1.00 e. The van der Waals surface area contributed by atoms with Gasteiger partial charge in [0.1, 0.15) is 0 Å².